The minimum Gasteiger partial charge on any atom is -0.489 e. The molecule has 3 aromatic carbocycles. The van der Waals surface area contributed by atoms with E-state index in [0.717, 1.165) is 28.1 Å². The van der Waals surface area contributed by atoms with Gasteiger partial charge < -0.3 is 73.5 Å². The van der Waals surface area contributed by atoms with Crippen molar-refractivity contribution >= 4 is 98.2 Å². The number of halogens is 9. The lowest BCUT2D eigenvalue weighted by molar-refractivity contribution is -0.134. The number of hydrogen-bond acceptors (Lipinski definition) is 22. The molecule has 6 aromatic rings. The summed E-state index contributed by atoms with van der Waals surface area (Å²) in [6.07, 6.45) is 3.36. The number of carbonyl (C=O) groups excluding carboxylic acids is 6. The highest BCUT2D eigenvalue weighted by Crippen LogP contribution is 2.55. The van der Waals surface area contributed by atoms with Crippen LogP contribution in [0.15, 0.2) is 69.7 Å². The molecule has 3 fully saturated rings. The van der Waals surface area contributed by atoms with E-state index in [-0.39, 0.29) is 109 Å². The van der Waals surface area contributed by atoms with E-state index in [9.17, 15) is 103 Å². The molecule has 36 nitrogen and oxygen atoms in total. The Morgan fingerprint density at radius 2 is 0.722 bits per heavy atom. The number of sulfonamides is 3. The van der Waals surface area contributed by atoms with Crippen molar-refractivity contribution in [3.63, 3.8) is 0 Å². The number of amides is 6. The van der Waals surface area contributed by atoms with Crippen molar-refractivity contribution in [1.29, 1.82) is 0 Å². The number of fused-ring (bicyclic) bond motifs is 6. The molecule has 0 radical (unpaired) electrons. The van der Waals surface area contributed by atoms with Crippen LogP contribution in [-0.4, -0.2) is 212 Å². The van der Waals surface area contributed by atoms with Gasteiger partial charge in [0.25, 0.3) is 17.7 Å². The van der Waals surface area contributed by atoms with Gasteiger partial charge in [-0.05, 0) is 41.5 Å². The summed E-state index contributed by atoms with van der Waals surface area (Å²) >= 11 is 0. The fraction of sp³-hybridized carbons (Fsp3) is 0.446. The first kappa shape index (κ1) is 88.4. The molecule has 630 valence electrons. The number of nitrogens with zero attached hydrogens (tertiary/aromatic N) is 6. The van der Waals surface area contributed by atoms with E-state index >= 15 is 0 Å². The van der Waals surface area contributed by atoms with Gasteiger partial charge in [-0.15, -0.1) is 0 Å². The second kappa shape index (κ2) is 33.5. The molecule has 6 unspecified atom stereocenters. The molecule has 0 aliphatic carbocycles. The molecule has 115 heavy (non-hydrogen) atoms. The molecule has 50 heteroatoms. The molecule has 6 aliphatic heterocycles. The number of nitrogens with one attached hydrogen (secondary N) is 6. The van der Waals surface area contributed by atoms with Crippen LogP contribution < -0.4 is 44.3 Å². The van der Waals surface area contributed by atoms with Gasteiger partial charge in [0.1, 0.15) is 34.5 Å². The smallest absolute Gasteiger partial charge is 0.476 e. The summed E-state index contributed by atoms with van der Waals surface area (Å²) in [4.78, 5) is 96.3. The maximum Gasteiger partial charge on any atom is 0.476 e. The van der Waals surface area contributed by atoms with Gasteiger partial charge in [-0.2, -0.15) is 0 Å². The third-order valence-electron chi connectivity index (χ3n) is 17.8. The van der Waals surface area contributed by atoms with Crippen molar-refractivity contribution in [3.8, 4) is 17.2 Å². The Bertz CT molecular complexity index is 5260. The largest absolute Gasteiger partial charge is 0.489 e. The zero-order valence-electron chi connectivity index (χ0n) is 61.8. The van der Waals surface area contributed by atoms with E-state index in [1.807, 2.05) is 0 Å². The lowest BCUT2D eigenvalue weighted by atomic mass is 10.1. The Kier molecular flexibility index (Phi) is 25.8. The predicted octanol–water partition coefficient (Wildman–Crippen LogP) is 4.43. The number of anilines is 3. The molecule has 6 atom stereocenters. The van der Waals surface area contributed by atoms with Crippen molar-refractivity contribution in [2.75, 3.05) is 94.9 Å². The number of likely N-dealkylation sites (tertiary alicyclic amines) is 3. The Morgan fingerprint density at radius 3 is 0.974 bits per heavy atom. The number of aliphatic hydroxyl groups is 1. The molecule has 3 aromatic heterocycles. The highest BCUT2D eigenvalue weighted by Gasteiger charge is 2.48. The second-order valence-electron chi connectivity index (χ2n) is 28.8. The number of benzene rings is 3. The first-order chi connectivity index (χ1) is 53.2. The standard InChI is InChI=1S/C27H36F3N4O9PS.C19H20F3N4O9PS.C19H19F3N4O6S/c1-26(2,3)42-44(37,43-27(4,5)6)41-14-21(35)34-10-15-13-40-24-20(45(38,39)32-19(15)11-34)12-33(7)23(24)25(36)31-16-8-17(28)22(30)18(29)9-16;1-25-6-14-18(17(25)19(28)23-10-2-11(20)16(22)12(21)3-10)34-7-9-4-26(5-13(9)24-37(14,32)33)15(27)8-35-36(29,30)31;1-25-6-14-18(17(25)19(29)23-10-2-11(20)16(22)12(21)3-10)32-8-9-4-26(15(28)7-27)5-13(9)24-33(14,30)31/h8-9,12,15,19,32H,10-11,13-14H2,1-7H3,(H,31,36);2-3,6,9,13,24H,4-5,7-8H2,1H3,(H,23,28)(H2,29,30,31);2-3,6,9,13,24,27H,4-5,7-8H2,1H3,(H,23,29). The molecule has 3 saturated heterocycles. The number of hydrogen-bond donors (Lipinski definition) is 9. The molecule has 6 amide bonds. The topological polar surface area (TPSA) is 461 Å². The van der Waals surface area contributed by atoms with Crippen LogP contribution in [0.25, 0.3) is 0 Å². The van der Waals surface area contributed by atoms with E-state index < -0.39 is 217 Å². The second-order valence-corrected chi connectivity index (χ2v) is 36.6. The van der Waals surface area contributed by atoms with E-state index in [0.29, 0.717) is 36.4 Å². The van der Waals surface area contributed by atoms with Crippen LogP contribution in [0.2, 0.25) is 0 Å². The number of ether oxygens (including phenoxy) is 3. The zero-order valence-corrected chi connectivity index (χ0v) is 66.0. The Balaban J connectivity index is 0.000000185. The summed E-state index contributed by atoms with van der Waals surface area (Å²) < 4.78 is 273. The SMILES string of the molecule is Cn1cc2c(c1C(=O)Nc1cc(F)c(F)c(F)c1)OCC1CN(C(=O)CO)CC1NS2(=O)=O.Cn1cc2c(c1C(=O)Nc1cc(F)c(F)c(F)c1)OCC1CN(C(=O)COP(=O)(O)O)CC1NS2(=O)=O.Cn1cc2c(c1C(=O)Nc1cc(F)c(F)c(F)c1)OCC1CN(C(=O)COP(=O)(OC(C)(C)C)OC(C)(C)C)CC1NS2(=O)=O. The molecule has 9 heterocycles. The van der Waals surface area contributed by atoms with E-state index in [2.05, 4.69) is 34.6 Å². The summed E-state index contributed by atoms with van der Waals surface area (Å²) in [5, 5.41) is 15.7. The number of carbonyl (C=O) groups is 6. The number of aliphatic hydroxyl groups excluding tert-OH is 1. The maximum atomic E-state index is 13.7. The van der Waals surface area contributed by atoms with Crippen LogP contribution in [0.1, 0.15) is 73.0 Å². The first-order valence-electron chi connectivity index (χ1n) is 34.0. The first-order valence-corrected chi connectivity index (χ1v) is 41.4. The van der Waals surface area contributed by atoms with Gasteiger partial charge in [-0.3, -0.25) is 46.9 Å². The lowest BCUT2D eigenvalue weighted by Gasteiger charge is -2.31. The average Bonchev–Trinajstić information content (AvgIpc) is 1.62. The quantitative estimate of drug-likeness (QED) is 0.0390. The molecule has 9 N–H and O–H groups in total. The number of aryl methyl sites for hydroxylation is 3. The molecule has 6 aliphatic rings. The molecular weight excluding hydrogens is 1660 g/mol. The van der Waals surface area contributed by atoms with Gasteiger partial charge in [-0.1, -0.05) is 0 Å². The highest BCUT2D eigenvalue weighted by atomic mass is 32.2. The van der Waals surface area contributed by atoms with Crippen LogP contribution in [0.3, 0.4) is 0 Å². The fourth-order valence-electron chi connectivity index (χ4n) is 12.8. The average molecular weight is 1740 g/mol. The zero-order chi connectivity index (χ0) is 85.1. The minimum absolute atomic E-state index is 0.0256. The highest BCUT2D eigenvalue weighted by molar-refractivity contribution is 7.90. The Morgan fingerprint density at radius 1 is 0.461 bits per heavy atom. The summed E-state index contributed by atoms with van der Waals surface area (Å²) in [5.41, 5.74) is -3.91. The van der Waals surface area contributed by atoms with E-state index in [1.54, 1.807) is 41.5 Å². The van der Waals surface area contributed by atoms with E-state index in [1.165, 1.54) is 40.1 Å². The van der Waals surface area contributed by atoms with Gasteiger partial charge in [0.15, 0.2) is 86.7 Å². The van der Waals surface area contributed by atoms with Gasteiger partial charge in [-0.25, -0.2) is 88.1 Å². The van der Waals surface area contributed by atoms with Crippen LogP contribution >= 0.6 is 15.6 Å². The fourth-order valence-corrected chi connectivity index (χ4v) is 19.3. The number of aromatic nitrogens is 3. The van der Waals surface area contributed by atoms with Gasteiger partial charge in [0.05, 0.1) is 31.0 Å². The third kappa shape index (κ3) is 20.5. The summed E-state index contributed by atoms with van der Waals surface area (Å²) in [6.45, 7) is 7.18. The summed E-state index contributed by atoms with van der Waals surface area (Å²) in [6, 6.07) is 1.14. The Labute approximate surface area is 648 Å². The normalized spacial score (nSPS) is 20.7. The Hall–Kier alpha value is -9.00. The third-order valence-corrected chi connectivity index (χ3v) is 24.7. The van der Waals surface area contributed by atoms with Crippen molar-refractivity contribution in [1.82, 2.24) is 42.6 Å². The number of rotatable bonds is 15. The van der Waals surface area contributed by atoms with Crippen molar-refractivity contribution in [2.24, 2.45) is 38.9 Å². The molecule has 0 bridgehead atoms. The molecule has 0 spiro atoms. The number of phosphoric ester groups is 2. The van der Waals surface area contributed by atoms with Crippen LogP contribution in [-0.2, 0) is 92.8 Å². The molecular formula is C65H75F9N12O24P2S3. The van der Waals surface area contributed by atoms with E-state index in [4.69, 9.17) is 42.7 Å². The van der Waals surface area contributed by atoms with Crippen LogP contribution in [0, 0.1) is 70.1 Å². The van der Waals surface area contributed by atoms with Crippen molar-refractivity contribution < 1.29 is 150 Å². The molecule has 12 rings (SSSR count). The summed E-state index contributed by atoms with van der Waals surface area (Å²) in [7, 11) is -17.8. The number of phosphoric acid groups is 2. The van der Waals surface area contributed by atoms with Crippen molar-refractivity contribution in [2.45, 2.75) is 85.6 Å². The minimum atomic E-state index is -4.90. The van der Waals surface area contributed by atoms with Gasteiger partial charge >= 0.3 is 15.6 Å². The summed E-state index contributed by atoms with van der Waals surface area (Å²) in [5.74, 6) is -21.8. The van der Waals surface area contributed by atoms with Gasteiger partial charge in [0.2, 0.25) is 47.8 Å². The van der Waals surface area contributed by atoms with Crippen LogP contribution in [0.5, 0.6) is 17.2 Å². The lowest BCUT2D eigenvalue weighted by Crippen LogP contribution is -2.44. The van der Waals surface area contributed by atoms with Gasteiger partial charge in [0, 0.05) is 168 Å². The van der Waals surface area contributed by atoms with Crippen LogP contribution in [0.4, 0.5) is 56.6 Å². The molecule has 0 saturated carbocycles. The predicted molar refractivity (Wildman–Crippen MR) is 378 cm³/mol. The van der Waals surface area contributed by atoms with Crippen molar-refractivity contribution in [3.05, 3.63) is 124 Å². The monoisotopic (exact) mass is 1740 g/mol. The maximum absolute atomic E-state index is 13.7.